The van der Waals surface area contributed by atoms with Crippen molar-refractivity contribution in [3.63, 3.8) is 0 Å². The van der Waals surface area contributed by atoms with E-state index in [0.29, 0.717) is 18.7 Å². The van der Waals surface area contributed by atoms with Crippen LogP contribution in [0, 0.1) is 11.6 Å². The number of carbonyl (C=O) groups is 1. The van der Waals surface area contributed by atoms with E-state index in [2.05, 4.69) is 5.32 Å². The van der Waals surface area contributed by atoms with Crippen LogP contribution in [0.25, 0.3) is 0 Å². The Morgan fingerprint density at radius 3 is 2.71 bits per heavy atom. The number of nitrogens with two attached hydrogens (primary N) is 1. The van der Waals surface area contributed by atoms with Crippen LogP contribution in [0.1, 0.15) is 23.2 Å². The first kappa shape index (κ1) is 15.8. The maximum Gasteiger partial charge on any atom is 0.254 e. The molecule has 0 radical (unpaired) electrons. The largest absolute Gasteiger partial charge is 0.376 e. The summed E-state index contributed by atoms with van der Waals surface area (Å²) < 4.78 is 54.6. The van der Waals surface area contributed by atoms with E-state index in [0.717, 1.165) is 12.8 Å². The molecule has 0 spiro atoms. The van der Waals surface area contributed by atoms with E-state index in [4.69, 9.17) is 9.88 Å². The van der Waals surface area contributed by atoms with Crippen molar-refractivity contribution in [1.29, 1.82) is 0 Å². The van der Waals surface area contributed by atoms with Crippen LogP contribution >= 0.6 is 0 Å². The molecule has 0 aliphatic carbocycles. The third-order valence-electron chi connectivity index (χ3n) is 3.09. The highest BCUT2D eigenvalue weighted by atomic mass is 32.2. The number of rotatable bonds is 4. The first-order valence-electron chi connectivity index (χ1n) is 6.20. The number of halogens is 2. The van der Waals surface area contributed by atoms with Crippen molar-refractivity contribution in [1.82, 2.24) is 5.32 Å². The van der Waals surface area contributed by atoms with E-state index in [1.165, 1.54) is 0 Å². The topological polar surface area (TPSA) is 98.5 Å². The SMILES string of the molecule is NS(=O)(=O)c1cc(F)c(F)c(C(=O)NCC2CCCO2)c1. The zero-order valence-corrected chi connectivity index (χ0v) is 11.8. The molecule has 1 saturated heterocycles. The minimum absolute atomic E-state index is 0.138. The van der Waals surface area contributed by atoms with Crippen molar-refractivity contribution < 1.29 is 26.7 Å². The van der Waals surface area contributed by atoms with E-state index in [1.54, 1.807) is 0 Å². The van der Waals surface area contributed by atoms with Crippen LogP contribution in [-0.4, -0.2) is 33.6 Å². The average molecular weight is 320 g/mol. The van der Waals surface area contributed by atoms with Crippen LogP contribution in [0.15, 0.2) is 17.0 Å². The summed E-state index contributed by atoms with van der Waals surface area (Å²) in [7, 11) is -4.24. The highest BCUT2D eigenvalue weighted by Gasteiger charge is 2.22. The second-order valence-electron chi connectivity index (χ2n) is 4.66. The first-order valence-corrected chi connectivity index (χ1v) is 7.75. The number of hydrogen-bond acceptors (Lipinski definition) is 4. The smallest absolute Gasteiger partial charge is 0.254 e. The molecule has 1 fully saturated rings. The van der Waals surface area contributed by atoms with Crippen LogP contribution in [0.5, 0.6) is 0 Å². The Morgan fingerprint density at radius 2 is 2.14 bits per heavy atom. The van der Waals surface area contributed by atoms with Gasteiger partial charge >= 0.3 is 0 Å². The Balaban J connectivity index is 2.21. The van der Waals surface area contributed by atoms with Crippen LogP contribution in [0.3, 0.4) is 0 Å². The molecular formula is C12H14F2N2O4S. The van der Waals surface area contributed by atoms with Crippen molar-refractivity contribution in [2.75, 3.05) is 13.2 Å². The maximum atomic E-state index is 13.6. The molecule has 3 N–H and O–H groups in total. The molecule has 6 nitrogen and oxygen atoms in total. The van der Waals surface area contributed by atoms with Gasteiger partial charge in [-0.25, -0.2) is 22.3 Å². The van der Waals surface area contributed by atoms with Crippen LogP contribution < -0.4 is 10.5 Å². The van der Waals surface area contributed by atoms with Crippen molar-refractivity contribution in [3.05, 3.63) is 29.3 Å². The lowest BCUT2D eigenvalue weighted by Gasteiger charge is -2.12. The molecule has 1 aliphatic heterocycles. The highest BCUT2D eigenvalue weighted by molar-refractivity contribution is 7.89. The lowest BCUT2D eigenvalue weighted by atomic mass is 10.2. The average Bonchev–Trinajstić information content (AvgIpc) is 2.91. The molecule has 1 amide bonds. The molecule has 0 bridgehead atoms. The molecule has 1 atom stereocenters. The number of primary sulfonamides is 1. The summed E-state index contributed by atoms with van der Waals surface area (Å²) in [4.78, 5) is 11.2. The summed E-state index contributed by atoms with van der Waals surface area (Å²) >= 11 is 0. The van der Waals surface area contributed by atoms with Crippen LogP contribution in [-0.2, 0) is 14.8 Å². The van der Waals surface area contributed by atoms with E-state index in [9.17, 15) is 22.0 Å². The second-order valence-corrected chi connectivity index (χ2v) is 6.22. The molecule has 1 unspecified atom stereocenters. The van der Waals surface area contributed by atoms with Gasteiger partial charge in [0, 0.05) is 13.2 Å². The van der Waals surface area contributed by atoms with Gasteiger partial charge in [0.2, 0.25) is 10.0 Å². The molecule has 1 aromatic carbocycles. The van der Waals surface area contributed by atoms with Crippen LogP contribution in [0.2, 0.25) is 0 Å². The Bertz CT molecular complexity index is 657. The maximum absolute atomic E-state index is 13.6. The third kappa shape index (κ3) is 3.74. The predicted octanol–water partition coefficient (Wildman–Crippen LogP) is 0.521. The van der Waals surface area contributed by atoms with Gasteiger partial charge in [0.25, 0.3) is 5.91 Å². The Kier molecular flexibility index (Phi) is 4.55. The van der Waals surface area contributed by atoms with Gasteiger partial charge in [0.15, 0.2) is 11.6 Å². The summed E-state index contributed by atoms with van der Waals surface area (Å²) in [5, 5.41) is 7.23. The summed E-state index contributed by atoms with van der Waals surface area (Å²) in [5.41, 5.74) is -0.711. The molecule has 2 rings (SSSR count). The van der Waals surface area contributed by atoms with Gasteiger partial charge in [0.1, 0.15) is 0 Å². The van der Waals surface area contributed by atoms with Crippen LogP contribution in [0.4, 0.5) is 8.78 Å². The number of benzene rings is 1. The molecular weight excluding hydrogens is 306 g/mol. The second kappa shape index (κ2) is 6.04. The van der Waals surface area contributed by atoms with Crippen molar-refractivity contribution in [3.8, 4) is 0 Å². The molecule has 0 saturated carbocycles. The standard InChI is InChI=1S/C12H14F2N2O4S/c13-10-5-8(21(15,18)19)4-9(11(10)14)12(17)16-6-7-2-1-3-20-7/h4-5,7H,1-3,6H2,(H,16,17)(H2,15,18,19). The van der Waals surface area contributed by atoms with Gasteiger partial charge in [-0.15, -0.1) is 0 Å². The molecule has 116 valence electrons. The number of nitrogens with one attached hydrogen (secondary N) is 1. The number of ether oxygens (including phenoxy) is 1. The summed E-state index contributed by atoms with van der Waals surface area (Å²) in [6.07, 6.45) is 1.45. The van der Waals surface area contributed by atoms with E-state index in [-0.39, 0.29) is 12.6 Å². The normalized spacial score (nSPS) is 18.7. The predicted molar refractivity (Wildman–Crippen MR) is 69.0 cm³/mol. The van der Waals surface area contributed by atoms with Gasteiger partial charge < -0.3 is 10.1 Å². The quantitative estimate of drug-likeness (QED) is 0.845. The minimum atomic E-state index is -4.24. The van der Waals surface area contributed by atoms with Crippen molar-refractivity contribution >= 4 is 15.9 Å². The zero-order valence-electron chi connectivity index (χ0n) is 10.9. The highest BCUT2D eigenvalue weighted by Crippen LogP contribution is 2.18. The fourth-order valence-electron chi connectivity index (χ4n) is 2.00. The number of amides is 1. The Morgan fingerprint density at radius 1 is 1.43 bits per heavy atom. The molecule has 1 aromatic rings. The van der Waals surface area contributed by atoms with Gasteiger partial charge in [-0.2, -0.15) is 0 Å². The van der Waals surface area contributed by atoms with Crippen molar-refractivity contribution in [2.45, 2.75) is 23.8 Å². The number of carbonyl (C=O) groups excluding carboxylic acids is 1. The fraction of sp³-hybridized carbons (Fsp3) is 0.417. The lowest BCUT2D eigenvalue weighted by Crippen LogP contribution is -2.32. The van der Waals surface area contributed by atoms with Gasteiger partial charge in [-0.1, -0.05) is 0 Å². The van der Waals surface area contributed by atoms with Gasteiger partial charge in [-0.3, -0.25) is 4.79 Å². The van der Waals surface area contributed by atoms with E-state index in [1.807, 2.05) is 0 Å². The molecule has 0 aromatic heterocycles. The third-order valence-corrected chi connectivity index (χ3v) is 3.98. The number of sulfonamides is 1. The monoisotopic (exact) mass is 320 g/mol. The Hall–Kier alpha value is -1.58. The summed E-state index contributed by atoms with van der Waals surface area (Å²) in [6.45, 7) is 0.726. The van der Waals surface area contributed by atoms with E-state index < -0.39 is 38.0 Å². The van der Waals surface area contributed by atoms with Crippen molar-refractivity contribution in [2.24, 2.45) is 5.14 Å². The minimum Gasteiger partial charge on any atom is -0.376 e. The Labute approximate surface area is 120 Å². The summed E-state index contributed by atoms with van der Waals surface area (Å²) in [6, 6.07) is 1.14. The molecule has 9 heteroatoms. The zero-order chi connectivity index (χ0) is 15.6. The first-order chi connectivity index (χ1) is 9.79. The van der Waals surface area contributed by atoms with Gasteiger partial charge in [0.05, 0.1) is 16.6 Å². The lowest BCUT2D eigenvalue weighted by molar-refractivity contribution is 0.0853. The molecule has 1 aliphatic rings. The fourth-order valence-corrected chi connectivity index (χ4v) is 2.55. The van der Waals surface area contributed by atoms with E-state index >= 15 is 0 Å². The summed E-state index contributed by atoms with van der Waals surface area (Å²) in [5.74, 6) is -3.80. The van der Waals surface area contributed by atoms with Gasteiger partial charge in [-0.05, 0) is 25.0 Å². The molecule has 21 heavy (non-hydrogen) atoms. The molecule has 1 heterocycles. The number of hydrogen-bond donors (Lipinski definition) is 2.